The summed E-state index contributed by atoms with van der Waals surface area (Å²) < 4.78 is 0.325. The minimum atomic E-state index is -1.29. The molecule has 0 fully saturated rings. The van der Waals surface area contributed by atoms with E-state index in [-0.39, 0.29) is 23.2 Å². The second-order valence-electron chi connectivity index (χ2n) is 3.00. The van der Waals surface area contributed by atoms with E-state index in [1.165, 1.54) is 18.2 Å². The molecule has 2 N–H and O–H groups in total. The number of hydrogen-bond donors (Lipinski definition) is 2. The molecule has 0 aliphatic heterocycles. The number of hydrogen-bond acceptors (Lipinski definition) is 4. The summed E-state index contributed by atoms with van der Waals surface area (Å²) in [7, 11) is 0. The van der Waals surface area contributed by atoms with Crippen LogP contribution in [0.2, 0.25) is 0 Å². The van der Waals surface area contributed by atoms with Gasteiger partial charge in [-0.15, -0.1) is 0 Å². The van der Waals surface area contributed by atoms with Crippen molar-refractivity contribution in [1.29, 1.82) is 0 Å². The SMILES string of the molecule is O=C=NCc1c(C(=O)O)cc(Br)cc1C(=O)O. The van der Waals surface area contributed by atoms with Crippen LogP contribution in [0.3, 0.4) is 0 Å². The highest BCUT2D eigenvalue weighted by Gasteiger charge is 2.19. The van der Waals surface area contributed by atoms with Gasteiger partial charge in [-0.2, -0.15) is 0 Å². The fraction of sp³-hybridized carbons (Fsp3) is 0.100. The van der Waals surface area contributed by atoms with E-state index in [1.807, 2.05) is 0 Å². The third-order valence-electron chi connectivity index (χ3n) is 1.98. The first-order chi connectivity index (χ1) is 7.97. The van der Waals surface area contributed by atoms with Crippen molar-refractivity contribution in [2.45, 2.75) is 6.54 Å². The molecule has 7 heteroatoms. The van der Waals surface area contributed by atoms with Crippen LogP contribution in [0.5, 0.6) is 0 Å². The lowest BCUT2D eigenvalue weighted by atomic mass is 10.0. The van der Waals surface area contributed by atoms with Crippen molar-refractivity contribution in [3.63, 3.8) is 0 Å². The Labute approximate surface area is 104 Å². The van der Waals surface area contributed by atoms with Gasteiger partial charge in [-0.3, -0.25) is 0 Å². The first kappa shape index (κ1) is 13.1. The summed E-state index contributed by atoms with van der Waals surface area (Å²) in [6.45, 7) is -0.333. The van der Waals surface area contributed by atoms with Crippen LogP contribution < -0.4 is 0 Å². The standard InChI is InChI=1S/C10H6BrNO5/c11-5-1-6(9(14)15)8(3-12-4-13)7(2-5)10(16)17/h1-2H,3H2,(H,14,15)(H,16,17). The molecule has 0 unspecified atom stereocenters. The largest absolute Gasteiger partial charge is 0.478 e. The minimum Gasteiger partial charge on any atom is -0.478 e. The Bertz CT molecular complexity index is 498. The molecular formula is C10H6BrNO5. The molecule has 6 nitrogen and oxygen atoms in total. The van der Waals surface area contributed by atoms with E-state index in [4.69, 9.17) is 10.2 Å². The zero-order valence-electron chi connectivity index (χ0n) is 8.31. The molecule has 0 spiro atoms. The fourth-order valence-corrected chi connectivity index (χ4v) is 1.76. The molecule has 1 aromatic carbocycles. The van der Waals surface area contributed by atoms with Gasteiger partial charge in [-0.05, 0) is 12.1 Å². The highest BCUT2D eigenvalue weighted by Crippen LogP contribution is 2.23. The number of carbonyl (C=O) groups excluding carboxylic acids is 1. The third-order valence-corrected chi connectivity index (χ3v) is 2.44. The Morgan fingerprint density at radius 3 is 2.06 bits per heavy atom. The molecule has 0 heterocycles. The number of isocyanates is 1. The topological polar surface area (TPSA) is 104 Å². The number of carboxylic acid groups (broad SMARTS) is 2. The maximum absolute atomic E-state index is 11.0. The summed E-state index contributed by atoms with van der Waals surface area (Å²) in [4.78, 5) is 35.1. The lowest BCUT2D eigenvalue weighted by Crippen LogP contribution is -2.09. The maximum Gasteiger partial charge on any atom is 0.336 e. The molecule has 0 saturated heterocycles. The Morgan fingerprint density at radius 2 is 1.71 bits per heavy atom. The fourth-order valence-electron chi connectivity index (χ4n) is 1.30. The predicted molar refractivity (Wildman–Crippen MR) is 59.9 cm³/mol. The summed E-state index contributed by atoms with van der Waals surface area (Å²) in [5, 5.41) is 17.9. The normalized spacial score (nSPS) is 9.47. The highest BCUT2D eigenvalue weighted by molar-refractivity contribution is 9.10. The Balaban J connectivity index is 3.51. The van der Waals surface area contributed by atoms with Gasteiger partial charge in [0, 0.05) is 10.0 Å². The van der Waals surface area contributed by atoms with E-state index in [2.05, 4.69) is 20.9 Å². The molecule has 0 atom stereocenters. The first-order valence-electron chi connectivity index (χ1n) is 4.30. The number of carbonyl (C=O) groups is 2. The summed E-state index contributed by atoms with van der Waals surface area (Å²) in [6.07, 6.45) is 1.24. The number of aromatic carboxylic acids is 2. The summed E-state index contributed by atoms with van der Waals surface area (Å²) in [5.74, 6) is -2.57. The predicted octanol–water partition coefficient (Wildman–Crippen LogP) is 1.68. The second-order valence-corrected chi connectivity index (χ2v) is 3.91. The minimum absolute atomic E-state index is 0.0310. The van der Waals surface area contributed by atoms with E-state index < -0.39 is 11.9 Å². The van der Waals surface area contributed by atoms with Gasteiger partial charge in [0.25, 0.3) is 0 Å². The van der Waals surface area contributed by atoms with Crippen molar-refractivity contribution in [3.05, 3.63) is 33.3 Å². The second kappa shape index (κ2) is 5.38. The van der Waals surface area contributed by atoms with E-state index in [1.54, 1.807) is 0 Å². The van der Waals surface area contributed by atoms with Crippen LogP contribution in [0.15, 0.2) is 21.6 Å². The molecule has 88 valence electrons. The molecule has 0 bridgehead atoms. The molecule has 0 aliphatic carbocycles. The average Bonchev–Trinajstić information content (AvgIpc) is 2.26. The molecule has 0 aliphatic rings. The third kappa shape index (κ3) is 2.99. The molecule has 0 radical (unpaired) electrons. The summed E-state index contributed by atoms with van der Waals surface area (Å²) >= 11 is 3.02. The molecule has 1 aromatic rings. The van der Waals surface area contributed by atoms with Gasteiger partial charge in [0.05, 0.1) is 17.7 Å². The number of rotatable bonds is 4. The van der Waals surface area contributed by atoms with Gasteiger partial charge in [0.2, 0.25) is 6.08 Å². The quantitative estimate of drug-likeness (QED) is 0.650. The van der Waals surface area contributed by atoms with Crippen LogP contribution in [0.4, 0.5) is 0 Å². The van der Waals surface area contributed by atoms with Gasteiger partial charge in [-0.1, -0.05) is 15.9 Å². The maximum atomic E-state index is 11.0. The van der Waals surface area contributed by atoms with Crippen molar-refractivity contribution in [2.24, 2.45) is 4.99 Å². The van der Waals surface area contributed by atoms with E-state index in [9.17, 15) is 14.4 Å². The number of halogens is 1. The molecule has 17 heavy (non-hydrogen) atoms. The van der Waals surface area contributed by atoms with Crippen LogP contribution in [0.1, 0.15) is 26.3 Å². The monoisotopic (exact) mass is 299 g/mol. The van der Waals surface area contributed by atoms with E-state index >= 15 is 0 Å². The lowest BCUT2D eigenvalue weighted by Gasteiger charge is -2.08. The summed E-state index contributed by atoms with van der Waals surface area (Å²) in [5.41, 5.74) is -0.455. The van der Waals surface area contributed by atoms with Gasteiger partial charge in [0.15, 0.2) is 0 Å². The van der Waals surface area contributed by atoms with Crippen molar-refractivity contribution in [2.75, 3.05) is 0 Å². The molecule has 0 amide bonds. The van der Waals surface area contributed by atoms with E-state index in [0.717, 1.165) is 0 Å². The zero-order chi connectivity index (χ0) is 13.0. The van der Waals surface area contributed by atoms with Crippen molar-refractivity contribution >= 4 is 33.9 Å². The number of benzene rings is 1. The van der Waals surface area contributed by atoms with Gasteiger partial charge in [0.1, 0.15) is 0 Å². The van der Waals surface area contributed by atoms with Gasteiger partial charge < -0.3 is 10.2 Å². The van der Waals surface area contributed by atoms with Crippen LogP contribution in [-0.4, -0.2) is 28.2 Å². The first-order valence-corrected chi connectivity index (χ1v) is 5.09. The van der Waals surface area contributed by atoms with Crippen molar-refractivity contribution in [1.82, 2.24) is 0 Å². The number of carboxylic acids is 2. The zero-order valence-corrected chi connectivity index (χ0v) is 9.89. The molecular weight excluding hydrogens is 294 g/mol. The van der Waals surface area contributed by atoms with Crippen molar-refractivity contribution in [3.8, 4) is 0 Å². The molecule has 0 saturated carbocycles. The molecule has 1 rings (SSSR count). The molecule has 0 aromatic heterocycles. The lowest BCUT2D eigenvalue weighted by molar-refractivity contribution is 0.0695. The highest BCUT2D eigenvalue weighted by atomic mass is 79.9. The number of nitrogens with zero attached hydrogens (tertiary/aromatic N) is 1. The van der Waals surface area contributed by atoms with Crippen LogP contribution in [0.25, 0.3) is 0 Å². The van der Waals surface area contributed by atoms with Crippen LogP contribution in [-0.2, 0) is 11.3 Å². The Morgan fingerprint density at radius 1 is 1.24 bits per heavy atom. The van der Waals surface area contributed by atoms with Crippen LogP contribution >= 0.6 is 15.9 Å². The number of aliphatic imine (C=N–C) groups is 1. The smallest absolute Gasteiger partial charge is 0.336 e. The van der Waals surface area contributed by atoms with Gasteiger partial charge in [-0.25, -0.2) is 19.4 Å². The van der Waals surface area contributed by atoms with Crippen LogP contribution in [0, 0.1) is 0 Å². The average molecular weight is 300 g/mol. The van der Waals surface area contributed by atoms with E-state index in [0.29, 0.717) is 4.47 Å². The van der Waals surface area contributed by atoms with Crippen molar-refractivity contribution < 1.29 is 24.6 Å². The Hall–Kier alpha value is -1.98. The van der Waals surface area contributed by atoms with Gasteiger partial charge >= 0.3 is 11.9 Å². The Kier molecular flexibility index (Phi) is 4.14. The summed E-state index contributed by atoms with van der Waals surface area (Å²) in [6, 6.07) is 2.51.